The van der Waals surface area contributed by atoms with Crippen LogP contribution in [0.15, 0.2) is 24.3 Å². The average Bonchev–Trinajstić information content (AvgIpc) is 2.07. The SMILES string of the molecule is Cc1ccccc1[C@H]([C@@H](C)N)N(C)C. The van der Waals surface area contributed by atoms with Crippen molar-refractivity contribution >= 4 is 0 Å². The van der Waals surface area contributed by atoms with Gasteiger partial charge in [-0.05, 0) is 39.1 Å². The Morgan fingerprint density at radius 3 is 2.21 bits per heavy atom. The molecule has 78 valence electrons. The van der Waals surface area contributed by atoms with E-state index in [4.69, 9.17) is 5.73 Å². The smallest absolute Gasteiger partial charge is 0.0493 e. The fourth-order valence-corrected chi connectivity index (χ4v) is 1.95. The van der Waals surface area contributed by atoms with Crippen molar-refractivity contribution in [2.75, 3.05) is 14.1 Å². The molecule has 0 fully saturated rings. The Balaban J connectivity index is 3.05. The molecule has 0 radical (unpaired) electrons. The van der Waals surface area contributed by atoms with Gasteiger partial charge in [-0.1, -0.05) is 24.3 Å². The highest BCUT2D eigenvalue weighted by Gasteiger charge is 2.19. The van der Waals surface area contributed by atoms with E-state index in [0.717, 1.165) is 0 Å². The first-order valence-corrected chi connectivity index (χ1v) is 5.01. The molecule has 0 saturated heterocycles. The number of rotatable bonds is 3. The molecule has 0 aromatic heterocycles. The molecule has 0 bridgehead atoms. The van der Waals surface area contributed by atoms with E-state index < -0.39 is 0 Å². The summed E-state index contributed by atoms with van der Waals surface area (Å²) in [6.45, 7) is 4.19. The van der Waals surface area contributed by atoms with Crippen LogP contribution < -0.4 is 5.73 Å². The van der Waals surface area contributed by atoms with Gasteiger partial charge in [-0.25, -0.2) is 0 Å². The first-order chi connectivity index (χ1) is 6.54. The van der Waals surface area contributed by atoms with Gasteiger partial charge >= 0.3 is 0 Å². The van der Waals surface area contributed by atoms with Crippen molar-refractivity contribution in [2.45, 2.75) is 25.9 Å². The summed E-state index contributed by atoms with van der Waals surface area (Å²) in [7, 11) is 4.14. The molecule has 14 heavy (non-hydrogen) atoms. The molecule has 0 aliphatic carbocycles. The lowest BCUT2D eigenvalue weighted by Gasteiger charge is -2.29. The topological polar surface area (TPSA) is 29.3 Å². The molecule has 0 spiro atoms. The van der Waals surface area contributed by atoms with Crippen LogP contribution in [0.4, 0.5) is 0 Å². The fraction of sp³-hybridized carbons (Fsp3) is 0.500. The summed E-state index contributed by atoms with van der Waals surface area (Å²) < 4.78 is 0. The van der Waals surface area contributed by atoms with Crippen molar-refractivity contribution in [2.24, 2.45) is 5.73 Å². The first-order valence-electron chi connectivity index (χ1n) is 5.01. The second-order valence-corrected chi connectivity index (χ2v) is 4.12. The highest BCUT2D eigenvalue weighted by atomic mass is 15.1. The summed E-state index contributed by atoms with van der Waals surface area (Å²) in [6.07, 6.45) is 0. The van der Waals surface area contributed by atoms with Crippen molar-refractivity contribution in [1.29, 1.82) is 0 Å². The van der Waals surface area contributed by atoms with Crippen LogP contribution in [0.5, 0.6) is 0 Å². The minimum atomic E-state index is 0.145. The minimum absolute atomic E-state index is 0.145. The number of nitrogens with two attached hydrogens (primary N) is 1. The van der Waals surface area contributed by atoms with Gasteiger partial charge in [0.05, 0.1) is 0 Å². The zero-order valence-corrected chi connectivity index (χ0v) is 9.49. The molecule has 0 amide bonds. The number of hydrogen-bond acceptors (Lipinski definition) is 2. The summed E-state index contributed by atoms with van der Waals surface area (Å²) in [4.78, 5) is 2.17. The van der Waals surface area contributed by atoms with E-state index in [9.17, 15) is 0 Å². The lowest BCUT2D eigenvalue weighted by atomic mass is 9.96. The van der Waals surface area contributed by atoms with Crippen molar-refractivity contribution in [1.82, 2.24) is 4.90 Å². The number of aryl methyl sites for hydroxylation is 1. The Kier molecular flexibility index (Phi) is 3.67. The van der Waals surface area contributed by atoms with E-state index in [0.29, 0.717) is 6.04 Å². The van der Waals surface area contributed by atoms with Gasteiger partial charge in [0.1, 0.15) is 0 Å². The maximum atomic E-state index is 6.00. The summed E-state index contributed by atoms with van der Waals surface area (Å²) in [6, 6.07) is 8.87. The molecule has 2 atom stereocenters. The van der Waals surface area contributed by atoms with Crippen molar-refractivity contribution in [3.05, 3.63) is 35.4 Å². The van der Waals surface area contributed by atoms with Crippen LogP contribution in [0, 0.1) is 6.92 Å². The highest BCUT2D eigenvalue weighted by molar-refractivity contribution is 5.29. The van der Waals surface area contributed by atoms with Gasteiger partial charge in [0.25, 0.3) is 0 Å². The molecule has 2 N–H and O–H groups in total. The summed E-state index contributed by atoms with van der Waals surface area (Å²) in [5.41, 5.74) is 8.63. The number of hydrogen-bond donors (Lipinski definition) is 1. The van der Waals surface area contributed by atoms with Crippen LogP contribution in [0.25, 0.3) is 0 Å². The Hall–Kier alpha value is -0.860. The van der Waals surface area contributed by atoms with Gasteiger partial charge in [0.2, 0.25) is 0 Å². The summed E-state index contributed by atoms with van der Waals surface area (Å²) >= 11 is 0. The molecule has 1 aromatic carbocycles. The predicted molar refractivity (Wildman–Crippen MR) is 61.3 cm³/mol. The maximum absolute atomic E-state index is 6.00. The highest BCUT2D eigenvalue weighted by Crippen LogP contribution is 2.23. The Morgan fingerprint density at radius 1 is 1.21 bits per heavy atom. The number of likely N-dealkylation sites (N-methyl/N-ethyl adjacent to an activating group) is 1. The normalized spacial score (nSPS) is 15.6. The molecule has 0 aliphatic rings. The van der Waals surface area contributed by atoms with Gasteiger partial charge < -0.3 is 10.6 Å². The second-order valence-electron chi connectivity index (χ2n) is 4.12. The molecule has 1 rings (SSSR count). The largest absolute Gasteiger partial charge is 0.326 e. The lowest BCUT2D eigenvalue weighted by Crippen LogP contribution is -2.35. The molecule has 0 heterocycles. The maximum Gasteiger partial charge on any atom is 0.0493 e. The molecule has 0 unspecified atom stereocenters. The van der Waals surface area contributed by atoms with E-state index >= 15 is 0 Å². The molecule has 2 heteroatoms. The van der Waals surface area contributed by atoms with E-state index in [1.807, 2.05) is 0 Å². The lowest BCUT2D eigenvalue weighted by molar-refractivity contribution is 0.265. The van der Waals surface area contributed by atoms with Gasteiger partial charge in [-0.15, -0.1) is 0 Å². The van der Waals surface area contributed by atoms with Crippen molar-refractivity contribution < 1.29 is 0 Å². The Labute approximate surface area is 86.7 Å². The molecule has 0 saturated carbocycles. The molecule has 0 aliphatic heterocycles. The molecule has 2 nitrogen and oxygen atoms in total. The standard InChI is InChI=1S/C12H20N2/c1-9-7-5-6-8-11(9)12(10(2)13)14(3)4/h5-8,10,12H,13H2,1-4H3/t10-,12+/m1/s1. The first kappa shape index (κ1) is 11.2. The summed E-state index contributed by atoms with van der Waals surface area (Å²) in [5.74, 6) is 0. The van der Waals surface area contributed by atoms with Gasteiger partial charge in [0, 0.05) is 12.1 Å². The van der Waals surface area contributed by atoms with Crippen LogP contribution in [0.3, 0.4) is 0 Å². The molecule has 1 aromatic rings. The van der Waals surface area contributed by atoms with Gasteiger partial charge in [0.15, 0.2) is 0 Å². The average molecular weight is 192 g/mol. The van der Waals surface area contributed by atoms with Crippen LogP contribution >= 0.6 is 0 Å². The van der Waals surface area contributed by atoms with Crippen LogP contribution in [-0.4, -0.2) is 25.0 Å². The fourth-order valence-electron chi connectivity index (χ4n) is 1.95. The van der Waals surface area contributed by atoms with Crippen molar-refractivity contribution in [3.63, 3.8) is 0 Å². The van der Waals surface area contributed by atoms with Crippen LogP contribution in [0.1, 0.15) is 24.1 Å². The third-order valence-corrected chi connectivity index (χ3v) is 2.56. The minimum Gasteiger partial charge on any atom is -0.326 e. The number of nitrogens with zero attached hydrogens (tertiary/aromatic N) is 1. The van der Waals surface area contributed by atoms with Crippen LogP contribution in [-0.2, 0) is 0 Å². The number of benzene rings is 1. The van der Waals surface area contributed by atoms with E-state index in [-0.39, 0.29) is 6.04 Å². The van der Waals surface area contributed by atoms with E-state index in [1.165, 1.54) is 11.1 Å². The monoisotopic (exact) mass is 192 g/mol. The summed E-state index contributed by atoms with van der Waals surface area (Å²) in [5, 5.41) is 0. The quantitative estimate of drug-likeness (QED) is 0.793. The predicted octanol–water partition coefficient (Wildman–Crippen LogP) is 1.94. The van der Waals surface area contributed by atoms with Crippen molar-refractivity contribution in [3.8, 4) is 0 Å². The molecular formula is C12H20N2. The van der Waals surface area contributed by atoms with Gasteiger partial charge in [-0.2, -0.15) is 0 Å². The third-order valence-electron chi connectivity index (χ3n) is 2.56. The Bertz CT molecular complexity index is 284. The Morgan fingerprint density at radius 2 is 1.79 bits per heavy atom. The van der Waals surface area contributed by atoms with Crippen LogP contribution in [0.2, 0.25) is 0 Å². The molecular weight excluding hydrogens is 172 g/mol. The zero-order chi connectivity index (χ0) is 10.7. The van der Waals surface area contributed by atoms with E-state index in [2.05, 4.69) is 57.1 Å². The second kappa shape index (κ2) is 4.58. The third kappa shape index (κ3) is 2.34. The van der Waals surface area contributed by atoms with Gasteiger partial charge in [-0.3, -0.25) is 0 Å². The zero-order valence-electron chi connectivity index (χ0n) is 9.49. The van der Waals surface area contributed by atoms with E-state index in [1.54, 1.807) is 0 Å².